The topological polar surface area (TPSA) is 26.8 Å². The first-order valence-corrected chi connectivity index (χ1v) is 11.9. The minimum absolute atomic E-state index is 0.175. The van der Waals surface area contributed by atoms with E-state index in [2.05, 4.69) is 28.0 Å². The monoisotopic (exact) mass is 447 g/mol. The van der Waals surface area contributed by atoms with Crippen molar-refractivity contribution in [3.05, 3.63) is 58.1 Å². The summed E-state index contributed by atoms with van der Waals surface area (Å²) in [6.07, 6.45) is 2.52. The zero-order valence-electron chi connectivity index (χ0n) is 16.1. The van der Waals surface area contributed by atoms with Gasteiger partial charge in [-0.1, -0.05) is 35.3 Å². The average molecular weight is 448 g/mol. The molecular weight excluding hydrogens is 425 g/mol. The summed E-state index contributed by atoms with van der Waals surface area (Å²) in [5.41, 5.74) is 3.21. The molecule has 2 heterocycles. The lowest BCUT2D eigenvalue weighted by Crippen LogP contribution is -2.50. The first-order valence-electron chi connectivity index (χ1n) is 10.1. The fourth-order valence-corrected chi connectivity index (χ4v) is 5.88. The lowest BCUT2D eigenvalue weighted by molar-refractivity contribution is -0.120. The van der Waals surface area contributed by atoms with Gasteiger partial charge in [0, 0.05) is 48.0 Å². The number of benzene rings is 2. The summed E-state index contributed by atoms with van der Waals surface area (Å²) in [5, 5.41) is 1.18. The Kier molecular flexibility index (Phi) is 5.41. The summed E-state index contributed by atoms with van der Waals surface area (Å²) >= 11 is 14.3. The van der Waals surface area contributed by atoms with Crippen molar-refractivity contribution in [3.8, 4) is 0 Å². The molecule has 29 heavy (non-hydrogen) atoms. The van der Waals surface area contributed by atoms with Gasteiger partial charge in [-0.05, 0) is 48.7 Å². The molecule has 3 aliphatic rings. The van der Waals surface area contributed by atoms with E-state index in [-0.39, 0.29) is 11.3 Å². The van der Waals surface area contributed by atoms with Crippen LogP contribution in [-0.2, 0) is 11.3 Å². The predicted octanol–water partition coefficient (Wildman–Crippen LogP) is 4.88. The summed E-state index contributed by atoms with van der Waals surface area (Å²) in [7, 11) is 0. The fraction of sp³-hybridized carbons (Fsp3) is 0.409. The first kappa shape index (κ1) is 19.6. The van der Waals surface area contributed by atoms with Gasteiger partial charge in [-0.15, -0.1) is 11.8 Å². The Morgan fingerprint density at radius 1 is 1.03 bits per heavy atom. The Morgan fingerprint density at radius 2 is 1.83 bits per heavy atom. The number of halogens is 2. The molecule has 0 aromatic heterocycles. The van der Waals surface area contributed by atoms with Crippen molar-refractivity contribution < 1.29 is 4.79 Å². The normalized spacial score (nSPS) is 22.1. The van der Waals surface area contributed by atoms with Gasteiger partial charge in [0.05, 0.1) is 11.4 Å². The number of thioether (sulfide) groups is 1. The number of carbonyl (C=O) groups is 1. The molecule has 0 spiro atoms. The van der Waals surface area contributed by atoms with Crippen LogP contribution in [0.5, 0.6) is 0 Å². The van der Waals surface area contributed by atoms with Gasteiger partial charge in [-0.3, -0.25) is 9.69 Å². The van der Waals surface area contributed by atoms with Crippen LogP contribution in [0.15, 0.2) is 42.5 Å². The highest BCUT2D eigenvalue weighted by Gasteiger charge is 2.40. The van der Waals surface area contributed by atoms with Crippen molar-refractivity contribution >= 4 is 52.2 Å². The second kappa shape index (κ2) is 8.03. The molecule has 1 unspecified atom stereocenters. The zero-order valence-corrected chi connectivity index (χ0v) is 18.4. The number of carbonyl (C=O) groups excluding carboxylic acids is 1. The number of amides is 1. The van der Waals surface area contributed by atoms with E-state index in [4.69, 9.17) is 23.2 Å². The molecule has 0 N–H and O–H groups in total. The summed E-state index contributed by atoms with van der Waals surface area (Å²) in [4.78, 5) is 20.3. The maximum absolute atomic E-state index is 13.6. The molecule has 2 fully saturated rings. The van der Waals surface area contributed by atoms with Crippen LogP contribution in [-0.4, -0.2) is 47.6 Å². The van der Waals surface area contributed by atoms with E-state index in [9.17, 15) is 4.79 Å². The van der Waals surface area contributed by atoms with Gasteiger partial charge >= 0.3 is 0 Å². The van der Waals surface area contributed by atoms with Crippen molar-refractivity contribution in [1.29, 1.82) is 0 Å². The number of para-hydroxylation sites is 2. The van der Waals surface area contributed by atoms with Crippen LogP contribution in [0.25, 0.3) is 0 Å². The Labute approximate surface area is 185 Å². The Morgan fingerprint density at radius 3 is 2.62 bits per heavy atom. The van der Waals surface area contributed by atoms with E-state index in [1.54, 1.807) is 17.8 Å². The van der Waals surface area contributed by atoms with E-state index in [1.807, 2.05) is 23.1 Å². The molecule has 5 rings (SSSR count). The van der Waals surface area contributed by atoms with Gasteiger partial charge in [-0.2, -0.15) is 0 Å². The van der Waals surface area contributed by atoms with E-state index in [0.717, 1.165) is 36.6 Å². The Hall–Kier alpha value is -1.40. The molecule has 1 atom stereocenters. The molecule has 0 bridgehead atoms. The largest absolute Gasteiger partial charge is 0.365 e. The highest BCUT2D eigenvalue weighted by molar-refractivity contribution is 8.00. The minimum Gasteiger partial charge on any atom is -0.365 e. The molecule has 2 aromatic rings. The molecule has 7 heteroatoms. The number of hydrogen-bond donors (Lipinski definition) is 0. The third-order valence-electron chi connectivity index (χ3n) is 5.88. The number of hydrogen-bond acceptors (Lipinski definition) is 4. The Bertz CT molecular complexity index is 936. The van der Waals surface area contributed by atoms with Crippen LogP contribution in [0, 0.1) is 0 Å². The van der Waals surface area contributed by atoms with Crippen LogP contribution in [0.2, 0.25) is 10.0 Å². The highest BCUT2D eigenvalue weighted by Crippen LogP contribution is 2.41. The molecule has 152 valence electrons. The molecule has 1 aliphatic carbocycles. The summed E-state index contributed by atoms with van der Waals surface area (Å²) in [6.45, 7) is 3.15. The lowest BCUT2D eigenvalue weighted by Gasteiger charge is -2.39. The van der Waals surface area contributed by atoms with Crippen LogP contribution in [0.4, 0.5) is 11.4 Å². The van der Waals surface area contributed by atoms with Gasteiger partial charge in [0.1, 0.15) is 5.37 Å². The third-order valence-corrected chi connectivity index (χ3v) is 7.72. The molecule has 0 radical (unpaired) electrons. The van der Waals surface area contributed by atoms with Gasteiger partial charge < -0.3 is 9.80 Å². The minimum atomic E-state index is -0.189. The maximum atomic E-state index is 13.6. The number of rotatable bonds is 4. The Balaban J connectivity index is 1.38. The van der Waals surface area contributed by atoms with Crippen molar-refractivity contribution in [3.63, 3.8) is 0 Å². The predicted molar refractivity (Wildman–Crippen MR) is 122 cm³/mol. The maximum Gasteiger partial charge on any atom is 0.254 e. The van der Waals surface area contributed by atoms with Crippen LogP contribution >= 0.6 is 35.0 Å². The zero-order chi connectivity index (χ0) is 20.0. The lowest BCUT2D eigenvalue weighted by atomic mass is 10.1. The van der Waals surface area contributed by atoms with Gasteiger partial charge in [0.2, 0.25) is 0 Å². The van der Waals surface area contributed by atoms with E-state index < -0.39 is 0 Å². The molecule has 4 nitrogen and oxygen atoms in total. The number of nitrogens with zero attached hydrogens (tertiary/aromatic N) is 3. The second-order valence-electron chi connectivity index (χ2n) is 7.83. The third kappa shape index (κ3) is 3.86. The number of anilines is 2. The second-order valence-corrected chi connectivity index (χ2v) is 9.86. The molecule has 1 amide bonds. The fourth-order valence-electron chi connectivity index (χ4n) is 4.29. The van der Waals surface area contributed by atoms with E-state index >= 15 is 0 Å². The van der Waals surface area contributed by atoms with Crippen molar-refractivity contribution in [2.24, 2.45) is 0 Å². The summed E-state index contributed by atoms with van der Waals surface area (Å²) in [5.74, 6) is 1.12. The SMILES string of the molecule is O=C(C1SCCN1Cc1cc(Cl)ccc1Cl)N1CCN(C2CC2)c2ccccc21. The standard InChI is InChI=1S/C22H23Cl2N3OS/c23-16-5-8-18(24)15(13-16)14-25-11-12-29-22(25)21(28)27-10-9-26(17-6-7-17)19-3-1-2-4-20(19)27/h1-5,8,13,17,22H,6-7,9-12,14H2. The van der Waals surface area contributed by atoms with Crippen molar-refractivity contribution in [2.45, 2.75) is 30.8 Å². The van der Waals surface area contributed by atoms with Gasteiger partial charge in [0.15, 0.2) is 0 Å². The van der Waals surface area contributed by atoms with E-state index in [0.29, 0.717) is 22.6 Å². The molecule has 2 aromatic carbocycles. The molecule has 1 saturated carbocycles. The molecule has 2 aliphatic heterocycles. The highest BCUT2D eigenvalue weighted by atomic mass is 35.5. The van der Waals surface area contributed by atoms with E-state index in [1.165, 1.54) is 18.5 Å². The van der Waals surface area contributed by atoms with Crippen LogP contribution < -0.4 is 9.80 Å². The average Bonchev–Trinajstić information content (AvgIpc) is 3.48. The van der Waals surface area contributed by atoms with Gasteiger partial charge in [-0.25, -0.2) is 0 Å². The summed E-state index contributed by atoms with van der Waals surface area (Å²) in [6, 6.07) is 14.5. The van der Waals surface area contributed by atoms with Gasteiger partial charge in [0.25, 0.3) is 5.91 Å². The smallest absolute Gasteiger partial charge is 0.254 e. The van der Waals surface area contributed by atoms with Crippen LogP contribution in [0.3, 0.4) is 0 Å². The quantitative estimate of drug-likeness (QED) is 0.666. The first-order chi connectivity index (χ1) is 14.1. The summed E-state index contributed by atoms with van der Waals surface area (Å²) < 4.78 is 0. The molecular formula is C22H23Cl2N3OS. The van der Waals surface area contributed by atoms with Crippen molar-refractivity contribution in [2.75, 3.05) is 35.2 Å². The molecule has 1 saturated heterocycles. The van der Waals surface area contributed by atoms with Crippen molar-refractivity contribution in [1.82, 2.24) is 4.90 Å². The van der Waals surface area contributed by atoms with Crippen LogP contribution in [0.1, 0.15) is 18.4 Å². The number of fused-ring (bicyclic) bond motifs is 1.